The molecule has 0 bridgehead atoms. The minimum absolute atomic E-state index is 0.202. The zero-order chi connectivity index (χ0) is 12.1. The molecule has 0 fully saturated rings. The van der Waals surface area contributed by atoms with Crippen LogP contribution in [0.1, 0.15) is 28.3 Å². The number of rotatable bonds is 5. The maximum absolute atomic E-state index is 11.1. The smallest absolute Gasteiger partial charge is 0.340 e. The summed E-state index contributed by atoms with van der Waals surface area (Å²) in [5, 5.41) is 9.61. The Balaban J connectivity index is 2.99. The highest BCUT2D eigenvalue weighted by Gasteiger charge is 2.16. The number of nitrogens with two attached hydrogens (primary N) is 1. The van der Waals surface area contributed by atoms with E-state index in [9.17, 15) is 4.79 Å². The molecule has 0 radical (unpaired) electrons. The highest BCUT2D eigenvalue weighted by Crippen LogP contribution is 2.23. The lowest BCUT2D eigenvalue weighted by molar-refractivity contribution is 0.0690. The molecular weight excluding hydrogens is 226 g/mol. The van der Waals surface area contributed by atoms with Gasteiger partial charge in [0.1, 0.15) is 16.4 Å². The van der Waals surface area contributed by atoms with Crippen LogP contribution in [0, 0.1) is 13.8 Å². The van der Waals surface area contributed by atoms with Crippen LogP contribution in [0.3, 0.4) is 0 Å². The number of carboxylic acids is 1. The quantitative estimate of drug-likeness (QED) is 0.458. The summed E-state index contributed by atoms with van der Waals surface area (Å²) >= 11 is 1.42. The molecule has 6 heteroatoms. The van der Waals surface area contributed by atoms with Gasteiger partial charge in [-0.25, -0.2) is 14.8 Å². The van der Waals surface area contributed by atoms with Gasteiger partial charge in [-0.3, -0.25) is 0 Å². The highest BCUT2D eigenvalue weighted by molar-refractivity contribution is 7.99. The fourth-order valence-electron chi connectivity index (χ4n) is 1.28. The van der Waals surface area contributed by atoms with Crippen molar-refractivity contribution in [1.82, 2.24) is 9.97 Å². The lowest BCUT2D eigenvalue weighted by Gasteiger charge is -2.07. The minimum Gasteiger partial charge on any atom is -0.478 e. The molecule has 0 spiro atoms. The molecular formula is C10H15N3O2S. The molecule has 0 saturated heterocycles. The second-order valence-corrected chi connectivity index (χ2v) is 4.42. The third kappa shape index (κ3) is 3.18. The fraction of sp³-hybridized carbons (Fsp3) is 0.500. The van der Waals surface area contributed by atoms with E-state index in [1.54, 1.807) is 13.8 Å². The first kappa shape index (κ1) is 12.9. The van der Waals surface area contributed by atoms with Gasteiger partial charge >= 0.3 is 5.97 Å². The van der Waals surface area contributed by atoms with Gasteiger partial charge in [0.2, 0.25) is 0 Å². The normalized spacial score (nSPS) is 10.4. The van der Waals surface area contributed by atoms with Gasteiger partial charge in [0.25, 0.3) is 0 Å². The Labute approximate surface area is 98.5 Å². The number of aromatic nitrogens is 2. The van der Waals surface area contributed by atoms with Crippen molar-refractivity contribution >= 4 is 17.7 Å². The standard InChI is InChI=1S/C10H15N3O2S/c1-6-8(10(14)15)9(13-7(2)12-6)16-5-3-4-11/h3-5,11H2,1-2H3,(H,14,15). The van der Waals surface area contributed by atoms with Crippen LogP contribution in [0.25, 0.3) is 0 Å². The van der Waals surface area contributed by atoms with Crippen LogP contribution in [0.2, 0.25) is 0 Å². The van der Waals surface area contributed by atoms with Crippen molar-refractivity contribution in [1.29, 1.82) is 0 Å². The van der Waals surface area contributed by atoms with Gasteiger partial charge in [0.05, 0.1) is 5.69 Å². The van der Waals surface area contributed by atoms with Gasteiger partial charge in [-0.05, 0) is 26.8 Å². The third-order valence-corrected chi connectivity index (χ3v) is 3.03. The lowest BCUT2D eigenvalue weighted by Crippen LogP contribution is -2.08. The van der Waals surface area contributed by atoms with Crippen molar-refractivity contribution in [2.24, 2.45) is 5.73 Å². The van der Waals surface area contributed by atoms with E-state index in [0.29, 0.717) is 23.1 Å². The van der Waals surface area contributed by atoms with Crippen molar-refractivity contribution < 1.29 is 9.90 Å². The highest BCUT2D eigenvalue weighted by atomic mass is 32.2. The van der Waals surface area contributed by atoms with E-state index in [1.165, 1.54) is 11.8 Å². The molecule has 0 unspecified atom stereocenters. The number of nitrogens with zero attached hydrogens (tertiary/aromatic N) is 2. The monoisotopic (exact) mass is 241 g/mol. The Morgan fingerprint density at radius 1 is 1.44 bits per heavy atom. The zero-order valence-electron chi connectivity index (χ0n) is 9.36. The van der Waals surface area contributed by atoms with E-state index in [0.717, 1.165) is 12.2 Å². The molecule has 88 valence electrons. The largest absolute Gasteiger partial charge is 0.478 e. The topological polar surface area (TPSA) is 89.1 Å². The van der Waals surface area contributed by atoms with E-state index >= 15 is 0 Å². The van der Waals surface area contributed by atoms with Gasteiger partial charge < -0.3 is 10.8 Å². The van der Waals surface area contributed by atoms with Crippen molar-refractivity contribution in [2.75, 3.05) is 12.3 Å². The second kappa shape index (κ2) is 5.81. The van der Waals surface area contributed by atoms with Crippen molar-refractivity contribution in [3.63, 3.8) is 0 Å². The maximum Gasteiger partial charge on any atom is 0.340 e. The van der Waals surface area contributed by atoms with E-state index in [-0.39, 0.29) is 5.56 Å². The molecule has 3 N–H and O–H groups in total. The Bertz CT molecular complexity index is 396. The fourth-order valence-corrected chi connectivity index (χ4v) is 2.36. The number of carboxylic acid groups (broad SMARTS) is 1. The third-order valence-electron chi connectivity index (χ3n) is 1.97. The van der Waals surface area contributed by atoms with Crippen LogP contribution in [0.4, 0.5) is 0 Å². The minimum atomic E-state index is -0.979. The first-order valence-corrected chi connectivity index (χ1v) is 5.96. The SMILES string of the molecule is Cc1nc(C)c(C(=O)O)c(SCCCN)n1. The van der Waals surface area contributed by atoms with Crippen LogP contribution in [-0.2, 0) is 0 Å². The van der Waals surface area contributed by atoms with Crippen molar-refractivity contribution in [3.05, 3.63) is 17.1 Å². The van der Waals surface area contributed by atoms with Gasteiger partial charge in [0.15, 0.2) is 0 Å². The predicted octanol–water partition coefficient (Wildman–Crippen LogP) is 1.23. The van der Waals surface area contributed by atoms with E-state index < -0.39 is 5.97 Å². The summed E-state index contributed by atoms with van der Waals surface area (Å²) in [6, 6.07) is 0. The zero-order valence-corrected chi connectivity index (χ0v) is 10.2. The molecule has 1 aromatic heterocycles. The lowest BCUT2D eigenvalue weighted by atomic mass is 10.2. The molecule has 16 heavy (non-hydrogen) atoms. The predicted molar refractivity (Wildman–Crippen MR) is 62.9 cm³/mol. The van der Waals surface area contributed by atoms with Crippen LogP contribution < -0.4 is 5.73 Å². The molecule has 0 amide bonds. The summed E-state index contributed by atoms with van der Waals surface area (Å²) in [5.74, 6) is 0.387. The Morgan fingerprint density at radius 3 is 2.69 bits per heavy atom. The summed E-state index contributed by atoms with van der Waals surface area (Å²) in [4.78, 5) is 19.3. The van der Waals surface area contributed by atoms with E-state index in [2.05, 4.69) is 9.97 Å². The van der Waals surface area contributed by atoms with Crippen LogP contribution in [0.5, 0.6) is 0 Å². The van der Waals surface area contributed by atoms with Crippen LogP contribution in [0.15, 0.2) is 5.03 Å². The number of aryl methyl sites for hydroxylation is 2. The average Bonchev–Trinajstić information content (AvgIpc) is 2.16. The Kier molecular flexibility index (Phi) is 4.70. The summed E-state index contributed by atoms with van der Waals surface area (Å²) in [6.07, 6.45) is 0.839. The molecule has 0 saturated carbocycles. The van der Waals surface area contributed by atoms with Gasteiger partial charge in [-0.1, -0.05) is 0 Å². The molecule has 0 atom stereocenters. The Hall–Kier alpha value is -1.14. The molecule has 1 heterocycles. The van der Waals surface area contributed by atoms with Gasteiger partial charge in [-0.2, -0.15) is 0 Å². The molecule has 0 aliphatic heterocycles. The van der Waals surface area contributed by atoms with Crippen LogP contribution >= 0.6 is 11.8 Å². The first-order valence-electron chi connectivity index (χ1n) is 4.97. The summed E-state index contributed by atoms with van der Waals surface area (Å²) in [7, 11) is 0. The molecule has 0 aliphatic rings. The first-order chi connectivity index (χ1) is 7.56. The molecule has 1 rings (SSSR count). The Morgan fingerprint density at radius 2 is 2.12 bits per heavy atom. The maximum atomic E-state index is 11.1. The molecule has 0 aromatic carbocycles. The van der Waals surface area contributed by atoms with E-state index in [1.807, 2.05) is 0 Å². The molecule has 5 nitrogen and oxygen atoms in total. The van der Waals surface area contributed by atoms with Crippen molar-refractivity contribution in [3.8, 4) is 0 Å². The number of thioether (sulfide) groups is 1. The van der Waals surface area contributed by atoms with Gasteiger partial charge in [-0.15, -0.1) is 11.8 Å². The number of hydrogen-bond donors (Lipinski definition) is 2. The number of aromatic carboxylic acids is 1. The van der Waals surface area contributed by atoms with Crippen LogP contribution in [-0.4, -0.2) is 33.3 Å². The summed E-state index contributed by atoms with van der Waals surface area (Å²) in [6.45, 7) is 4.04. The van der Waals surface area contributed by atoms with Gasteiger partial charge in [0, 0.05) is 5.75 Å². The van der Waals surface area contributed by atoms with E-state index in [4.69, 9.17) is 10.8 Å². The van der Waals surface area contributed by atoms with Crippen molar-refractivity contribution in [2.45, 2.75) is 25.3 Å². The summed E-state index contributed by atoms with van der Waals surface area (Å²) < 4.78 is 0. The second-order valence-electron chi connectivity index (χ2n) is 3.33. The number of carbonyl (C=O) groups is 1. The molecule has 1 aromatic rings. The molecule has 0 aliphatic carbocycles. The average molecular weight is 241 g/mol. The summed E-state index contributed by atoms with van der Waals surface area (Å²) in [5.41, 5.74) is 6.10. The number of hydrogen-bond acceptors (Lipinski definition) is 5.